The highest BCUT2D eigenvalue weighted by molar-refractivity contribution is 5.82. The van der Waals surface area contributed by atoms with Crippen LogP contribution < -0.4 is 0 Å². The van der Waals surface area contributed by atoms with E-state index in [2.05, 4.69) is 11.7 Å². The van der Waals surface area contributed by atoms with Gasteiger partial charge in [-0.05, 0) is 6.92 Å². The maximum atomic E-state index is 12.1. The van der Waals surface area contributed by atoms with Gasteiger partial charge in [0.15, 0.2) is 0 Å². The number of ether oxygens (including phenoxy) is 1. The van der Waals surface area contributed by atoms with Gasteiger partial charge >= 0.3 is 11.7 Å². The van der Waals surface area contributed by atoms with E-state index in [4.69, 9.17) is 4.74 Å². The van der Waals surface area contributed by atoms with Crippen molar-refractivity contribution in [2.75, 3.05) is 19.7 Å². The van der Waals surface area contributed by atoms with Crippen molar-refractivity contribution < 1.29 is 19.2 Å². The van der Waals surface area contributed by atoms with Gasteiger partial charge in [-0.25, -0.2) is 0 Å². The normalized spacial score (nSPS) is 9.95. The van der Waals surface area contributed by atoms with Crippen LogP contribution in [0.3, 0.4) is 0 Å². The van der Waals surface area contributed by atoms with E-state index < -0.39 is 16.8 Å². The molecule has 0 radical (unpaired) electrons. The summed E-state index contributed by atoms with van der Waals surface area (Å²) in [6, 6.07) is 0. The third kappa shape index (κ3) is 5.05. The highest BCUT2D eigenvalue weighted by Crippen LogP contribution is 2.08. The second-order valence-electron chi connectivity index (χ2n) is 4.02. The maximum Gasteiger partial charge on any atom is 0.325 e. The molecule has 1 rings (SSSR count). The summed E-state index contributed by atoms with van der Waals surface area (Å²) in [7, 11) is 0. The second kappa shape index (κ2) is 7.78. The molecule has 1 aromatic heterocycles. The molecule has 21 heavy (non-hydrogen) atoms. The molecular weight excluding hydrogens is 280 g/mol. The molecule has 0 unspecified atom stereocenters. The first-order valence-corrected chi connectivity index (χ1v) is 6.19. The van der Waals surface area contributed by atoms with Crippen LogP contribution in [0.1, 0.15) is 6.92 Å². The molecule has 0 aliphatic rings. The van der Waals surface area contributed by atoms with Crippen molar-refractivity contribution in [1.29, 1.82) is 0 Å². The lowest BCUT2D eigenvalue weighted by atomic mass is 10.4. The fourth-order valence-electron chi connectivity index (χ4n) is 1.54. The van der Waals surface area contributed by atoms with Gasteiger partial charge < -0.3 is 9.64 Å². The quantitative estimate of drug-likeness (QED) is 0.297. The van der Waals surface area contributed by atoms with E-state index in [1.54, 1.807) is 6.92 Å². The van der Waals surface area contributed by atoms with Crippen molar-refractivity contribution in [2.45, 2.75) is 13.5 Å². The van der Waals surface area contributed by atoms with Crippen molar-refractivity contribution in [3.8, 4) is 0 Å². The van der Waals surface area contributed by atoms with Gasteiger partial charge in [-0.1, -0.05) is 6.08 Å². The number of esters is 1. The molecule has 0 atom stereocenters. The van der Waals surface area contributed by atoms with E-state index in [0.717, 1.165) is 17.1 Å². The monoisotopic (exact) mass is 296 g/mol. The topological polar surface area (TPSA) is 108 Å². The van der Waals surface area contributed by atoms with E-state index in [1.807, 2.05) is 0 Å². The highest BCUT2D eigenvalue weighted by Gasteiger charge is 2.18. The molecule has 0 spiro atoms. The first-order chi connectivity index (χ1) is 9.97. The smallest absolute Gasteiger partial charge is 0.325 e. The van der Waals surface area contributed by atoms with Gasteiger partial charge in [0.05, 0.1) is 11.5 Å². The molecule has 0 saturated carbocycles. The Hall–Kier alpha value is -2.71. The Balaban J connectivity index is 2.69. The van der Waals surface area contributed by atoms with Crippen LogP contribution in [0.4, 0.5) is 5.69 Å². The predicted octanol–water partition coefficient (Wildman–Crippen LogP) is 0.369. The fourth-order valence-corrected chi connectivity index (χ4v) is 1.54. The molecule has 9 nitrogen and oxygen atoms in total. The molecule has 1 heterocycles. The lowest BCUT2D eigenvalue weighted by Crippen LogP contribution is -2.38. The van der Waals surface area contributed by atoms with E-state index >= 15 is 0 Å². The van der Waals surface area contributed by atoms with Crippen molar-refractivity contribution in [1.82, 2.24) is 14.7 Å². The number of carbonyl (C=O) groups excluding carboxylic acids is 2. The van der Waals surface area contributed by atoms with Crippen LogP contribution in [0.25, 0.3) is 0 Å². The summed E-state index contributed by atoms with van der Waals surface area (Å²) in [6.07, 6.45) is 3.67. The average Bonchev–Trinajstić information content (AvgIpc) is 2.87. The summed E-state index contributed by atoms with van der Waals surface area (Å²) in [4.78, 5) is 34.6. The Bertz CT molecular complexity index is 540. The zero-order valence-electron chi connectivity index (χ0n) is 11.6. The Kier molecular flexibility index (Phi) is 6.05. The molecule has 0 aromatic carbocycles. The number of amides is 1. The molecule has 0 saturated heterocycles. The molecule has 0 N–H and O–H groups in total. The number of hydrogen-bond acceptors (Lipinski definition) is 6. The highest BCUT2D eigenvalue weighted by atomic mass is 16.6. The summed E-state index contributed by atoms with van der Waals surface area (Å²) in [6.45, 7) is 5.16. The Morgan fingerprint density at radius 1 is 1.62 bits per heavy atom. The molecule has 114 valence electrons. The number of rotatable bonds is 8. The van der Waals surface area contributed by atoms with Gasteiger partial charge in [-0.2, -0.15) is 5.10 Å². The van der Waals surface area contributed by atoms with Gasteiger partial charge in [-0.15, -0.1) is 6.58 Å². The van der Waals surface area contributed by atoms with E-state index in [0.29, 0.717) is 0 Å². The summed E-state index contributed by atoms with van der Waals surface area (Å²) in [5, 5.41) is 14.3. The van der Waals surface area contributed by atoms with Crippen molar-refractivity contribution in [3.63, 3.8) is 0 Å². The largest absolute Gasteiger partial charge is 0.465 e. The van der Waals surface area contributed by atoms with E-state index in [1.165, 1.54) is 11.0 Å². The molecule has 0 aliphatic carbocycles. The maximum absolute atomic E-state index is 12.1. The van der Waals surface area contributed by atoms with Crippen LogP contribution in [0.15, 0.2) is 25.0 Å². The molecule has 1 aromatic rings. The van der Waals surface area contributed by atoms with Crippen LogP contribution in [0.5, 0.6) is 0 Å². The Labute approximate surface area is 120 Å². The van der Waals surface area contributed by atoms with Crippen LogP contribution >= 0.6 is 0 Å². The average molecular weight is 296 g/mol. The number of carbonyl (C=O) groups is 2. The fraction of sp³-hybridized carbons (Fsp3) is 0.417. The van der Waals surface area contributed by atoms with Crippen LogP contribution in [-0.4, -0.2) is 51.2 Å². The third-order valence-electron chi connectivity index (χ3n) is 2.46. The second-order valence-corrected chi connectivity index (χ2v) is 4.02. The van der Waals surface area contributed by atoms with Crippen molar-refractivity contribution in [3.05, 3.63) is 35.2 Å². The van der Waals surface area contributed by atoms with Crippen molar-refractivity contribution >= 4 is 17.6 Å². The minimum absolute atomic E-state index is 0.168. The van der Waals surface area contributed by atoms with Crippen LogP contribution in [-0.2, 0) is 20.9 Å². The van der Waals surface area contributed by atoms with Crippen LogP contribution in [0.2, 0.25) is 0 Å². The summed E-state index contributed by atoms with van der Waals surface area (Å²) >= 11 is 0. The number of nitrogens with zero attached hydrogens (tertiary/aromatic N) is 4. The van der Waals surface area contributed by atoms with E-state index in [-0.39, 0.29) is 31.9 Å². The minimum atomic E-state index is -0.603. The number of nitro groups is 1. The zero-order valence-corrected chi connectivity index (χ0v) is 11.6. The summed E-state index contributed by atoms with van der Waals surface area (Å²) in [5.41, 5.74) is -0.205. The summed E-state index contributed by atoms with van der Waals surface area (Å²) in [5.74, 6) is -0.944. The van der Waals surface area contributed by atoms with Gasteiger partial charge in [0.1, 0.15) is 25.5 Å². The van der Waals surface area contributed by atoms with Gasteiger partial charge in [0.25, 0.3) is 0 Å². The first kappa shape index (κ1) is 16.3. The molecule has 0 aliphatic heterocycles. The standard InChI is InChI=1S/C12H16N4O5/c1-3-5-14(9-12(18)21-4-2)11(17)8-15-7-10(6-13-15)16(19)20/h3,6-7H,1,4-5,8-9H2,2H3. The third-order valence-corrected chi connectivity index (χ3v) is 2.46. The van der Waals surface area contributed by atoms with Gasteiger partial charge in [0.2, 0.25) is 5.91 Å². The van der Waals surface area contributed by atoms with Crippen LogP contribution in [0, 0.1) is 10.1 Å². The predicted molar refractivity (Wildman–Crippen MR) is 72.3 cm³/mol. The SMILES string of the molecule is C=CCN(CC(=O)OCC)C(=O)Cn1cc([N+](=O)[O-])cn1. The molecular formula is C12H16N4O5. The zero-order chi connectivity index (χ0) is 15.8. The van der Waals surface area contributed by atoms with Gasteiger partial charge in [0, 0.05) is 6.54 Å². The Morgan fingerprint density at radius 3 is 2.86 bits per heavy atom. The lowest BCUT2D eigenvalue weighted by Gasteiger charge is -2.19. The number of hydrogen-bond donors (Lipinski definition) is 0. The lowest BCUT2D eigenvalue weighted by molar-refractivity contribution is -0.385. The first-order valence-electron chi connectivity index (χ1n) is 6.19. The molecule has 0 bridgehead atoms. The number of aromatic nitrogens is 2. The summed E-state index contributed by atoms with van der Waals surface area (Å²) < 4.78 is 5.92. The molecule has 1 amide bonds. The molecule has 9 heteroatoms. The minimum Gasteiger partial charge on any atom is -0.465 e. The van der Waals surface area contributed by atoms with Crippen molar-refractivity contribution in [2.24, 2.45) is 0 Å². The van der Waals surface area contributed by atoms with E-state index in [9.17, 15) is 19.7 Å². The van der Waals surface area contributed by atoms with Gasteiger partial charge in [-0.3, -0.25) is 24.4 Å². The Morgan fingerprint density at radius 2 is 2.33 bits per heavy atom. The molecule has 0 fully saturated rings.